The number of benzene rings is 2. The first-order chi connectivity index (χ1) is 15.7. The monoisotopic (exact) mass is 498 g/mol. The summed E-state index contributed by atoms with van der Waals surface area (Å²) in [5.41, 5.74) is -1.53. The van der Waals surface area contributed by atoms with Crippen molar-refractivity contribution in [2.75, 3.05) is 16.2 Å². The predicted octanol–water partition coefficient (Wildman–Crippen LogP) is 5.58. The highest BCUT2D eigenvalue weighted by Crippen LogP contribution is 2.40. The summed E-state index contributed by atoms with van der Waals surface area (Å²) in [7, 11) is -4.41. The number of fused-ring (bicyclic) bond motifs is 1. The summed E-state index contributed by atoms with van der Waals surface area (Å²) in [6.07, 6.45) is -4.18. The highest BCUT2D eigenvalue weighted by Gasteiger charge is 2.37. The lowest BCUT2D eigenvalue weighted by Crippen LogP contribution is -2.43. The molecule has 0 aromatic heterocycles. The first-order valence-electron chi connectivity index (χ1n) is 10.3. The Balaban J connectivity index is 2.03. The van der Waals surface area contributed by atoms with Crippen molar-refractivity contribution < 1.29 is 35.9 Å². The fourth-order valence-electron chi connectivity index (χ4n) is 3.31. The molecule has 184 valence electrons. The minimum Gasteiger partial charge on any atom is -0.486 e. The van der Waals surface area contributed by atoms with Crippen LogP contribution < -0.4 is 14.4 Å². The van der Waals surface area contributed by atoms with Gasteiger partial charge in [0.2, 0.25) is 0 Å². The van der Waals surface area contributed by atoms with Crippen molar-refractivity contribution in [3.8, 4) is 5.75 Å². The second-order valence-corrected chi connectivity index (χ2v) is 10.5. The Kier molecular flexibility index (Phi) is 6.88. The van der Waals surface area contributed by atoms with Crippen LogP contribution in [0.5, 0.6) is 5.75 Å². The van der Waals surface area contributed by atoms with Crippen molar-refractivity contribution in [1.82, 2.24) is 0 Å². The number of alkyl halides is 3. The molecule has 0 bridgehead atoms. The molecule has 7 nitrogen and oxygen atoms in total. The predicted molar refractivity (Wildman–Crippen MR) is 122 cm³/mol. The van der Waals surface area contributed by atoms with Gasteiger partial charge in [0.15, 0.2) is 0 Å². The zero-order valence-corrected chi connectivity index (χ0v) is 19.7. The van der Waals surface area contributed by atoms with Gasteiger partial charge in [0.05, 0.1) is 22.7 Å². The lowest BCUT2D eigenvalue weighted by atomic mass is 10.1. The summed E-state index contributed by atoms with van der Waals surface area (Å²) in [4.78, 5) is 11.6. The van der Waals surface area contributed by atoms with E-state index < -0.39 is 44.5 Å². The number of halogens is 3. The standard InChI is InChI=1S/C23H25F3N2O5S/c1-5-7-17-14-28(34(30,31)18-9-6-8-15(12-18)23(24,25)26)19-13-16(10-11-20(19)32-17)27-21(29)33-22(2,3)4/h5-6,8-13,17H,1,7,14H2,2-4H3,(H,27,29)/t17-/m0/s1. The summed E-state index contributed by atoms with van der Waals surface area (Å²) >= 11 is 0. The Labute approximate surface area is 196 Å². The summed E-state index contributed by atoms with van der Waals surface area (Å²) in [6, 6.07) is 7.89. The van der Waals surface area contributed by atoms with Crippen molar-refractivity contribution in [1.29, 1.82) is 0 Å². The lowest BCUT2D eigenvalue weighted by Gasteiger charge is -2.35. The average Bonchev–Trinajstić information content (AvgIpc) is 2.71. The number of amides is 1. The van der Waals surface area contributed by atoms with E-state index in [0.717, 1.165) is 22.5 Å². The molecule has 0 spiro atoms. The summed E-state index contributed by atoms with van der Waals surface area (Å²) in [6.45, 7) is 8.55. The zero-order valence-electron chi connectivity index (χ0n) is 18.8. The molecule has 11 heteroatoms. The number of rotatable bonds is 5. The number of nitrogens with one attached hydrogen (secondary N) is 1. The molecule has 1 amide bonds. The number of ether oxygens (including phenoxy) is 2. The van der Waals surface area contributed by atoms with Crippen LogP contribution in [0.1, 0.15) is 32.8 Å². The van der Waals surface area contributed by atoms with Crippen LogP contribution in [0.15, 0.2) is 60.0 Å². The topological polar surface area (TPSA) is 84.9 Å². The maximum Gasteiger partial charge on any atom is 0.416 e. The molecule has 1 N–H and O–H groups in total. The van der Waals surface area contributed by atoms with Gasteiger partial charge in [-0.2, -0.15) is 13.2 Å². The number of anilines is 2. The number of hydrogen-bond donors (Lipinski definition) is 1. The van der Waals surface area contributed by atoms with E-state index in [1.165, 1.54) is 18.2 Å². The van der Waals surface area contributed by atoms with E-state index in [2.05, 4.69) is 11.9 Å². The molecule has 1 heterocycles. The normalized spacial score (nSPS) is 16.3. The second kappa shape index (κ2) is 9.21. The Morgan fingerprint density at radius 3 is 2.56 bits per heavy atom. The maximum atomic E-state index is 13.5. The highest BCUT2D eigenvalue weighted by molar-refractivity contribution is 7.92. The van der Waals surface area contributed by atoms with Gasteiger partial charge in [-0.25, -0.2) is 13.2 Å². The molecule has 0 saturated carbocycles. The Hall–Kier alpha value is -3.21. The summed E-state index contributed by atoms with van der Waals surface area (Å²) in [5, 5.41) is 2.52. The number of carbonyl (C=O) groups is 1. The van der Waals surface area contributed by atoms with Gasteiger partial charge in [-0.1, -0.05) is 12.1 Å². The van der Waals surface area contributed by atoms with E-state index in [9.17, 15) is 26.4 Å². The smallest absolute Gasteiger partial charge is 0.416 e. The average molecular weight is 499 g/mol. The van der Waals surface area contributed by atoms with Gasteiger partial charge in [0.25, 0.3) is 10.0 Å². The molecule has 1 aliphatic rings. The van der Waals surface area contributed by atoms with E-state index in [-0.39, 0.29) is 23.7 Å². The Morgan fingerprint density at radius 2 is 1.94 bits per heavy atom. The number of sulfonamides is 1. The van der Waals surface area contributed by atoms with Gasteiger partial charge in [-0.3, -0.25) is 9.62 Å². The van der Waals surface area contributed by atoms with Crippen LogP contribution in [-0.4, -0.2) is 32.8 Å². The zero-order chi connectivity index (χ0) is 25.3. The van der Waals surface area contributed by atoms with Crippen molar-refractivity contribution in [3.05, 3.63) is 60.7 Å². The van der Waals surface area contributed by atoms with Gasteiger partial charge in [-0.05, 0) is 57.2 Å². The van der Waals surface area contributed by atoms with Crippen LogP contribution in [0.25, 0.3) is 0 Å². The molecule has 2 aromatic rings. The van der Waals surface area contributed by atoms with Crippen molar-refractivity contribution in [2.45, 2.75) is 50.0 Å². The molecule has 0 saturated heterocycles. The molecular formula is C23H25F3N2O5S. The molecule has 3 rings (SSSR count). The molecule has 34 heavy (non-hydrogen) atoms. The first-order valence-corrected chi connectivity index (χ1v) is 11.8. The van der Waals surface area contributed by atoms with E-state index in [1.54, 1.807) is 26.8 Å². The van der Waals surface area contributed by atoms with Crippen LogP contribution in [-0.2, 0) is 20.9 Å². The van der Waals surface area contributed by atoms with Crippen LogP contribution >= 0.6 is 0 Å². The highest BCUT2D eigenvalue weighted by atomic mass is 32.2. The lowest BCUT2D eigenvalue weighted by molar-refractivity contribution is -0.137. The number of nitrogens with zero attached hydrogens (tertiary/aromatic N) is 1. The van der Waals surface area contributed by atoms with Crippen LogP contribution in [0.3, 0.4) is 0 Å². The van der Waals surface area contributed by atoms with E-state index in [4.69, 9.17) is 9.47 Å². The van der Waals surface area contributed by atoms with E-state index in [1.807, 2.05) is 0 Å². The third kappa shape index (κ3) is 5.82. The molecule has 1 atom stereocenters. The third-order valence-electron chi connectivity index (χ3n) is 4.71. The van der Waals surface area contributed by atoms with E-state index in [0.29, 0.717) is 12.5 Å². The third-order valence-corrected chi connectivity index (χ3v) is 6.49. The summed E-state index contributed by atoms with van der Waals surface area (Å²) < 4.78 is 78.6. The van der Waals surface area contributed by atoms with Crippen LogP contribution in [0, 0.1) is 0 Å². The number of hydrogen-bond acceptors (Lipinski definition) is 5. The van der Waals surface area contributed by atoms with Gasteiger partial charge < -0.3 is 9.47 Å². The second-order valence-electron chi connectivity index (χ2n) is 8.64. The Bertz CT molecular complexity index is 1190. The van der Waals surface area contributed by atoms with Gasteiger partial charge in [-0.15, -0.1) is 6.58 Å². The van der Waals surface area contributed by atoms with Crippen LogP contribution in [0.4, 0.5) is 29.3 Å². The van der Waals surface area contributed by atoms with Crippen molar-refractivity contribution >= 4 is 27.5 Å². The molecule has 2 aromatic carbocycles. The van der Waals surface area contributed by atoms with E-state index >= 15 is 0 Å². The van der Waals surface area contributed by atoms with Crippen molar-refractivity contribution in [2.24, 2.45) is 0 Å². The molecule has 0 fully saturated rings. The number of carbonyl (C=O) groups excluding carboxylic acids is 1. The van der Waals surface area contributed by atoms with Gasteiger partial charge >= 0.3 is 12.3 Å². The Morgan fingerprint density at radius 1 is 1.24 bits per heavy atom. The van der Waals surface area contributed by atoms with Crippen LogP contribution in [0.2, 0.25) is 0 Å². The first kappa shape index (κ1) is 25.4. The quantitative estimate of drug-likeness (QED) is 0.544. The van der Waals surface area contributed by atoms with Gasteiger partial charge in [0.1, 0.15) is 17.5 Å². The molecule has 0 radical (unpaired) electrons. The molecular weight excluding hydrogens is 473 g/mol. The van der Waals surface area contributed by atoms with Crippen molar-refractivity contribution in [3.63, 3.8) is 0 Å². The van der Waals surface area contributed by atoms with Gasteiger partial charge in [0, 0.05) is 12.1 Å². The molecule has 0 unspecified atom stereocenters. The molecule has 1 aliphatic heterocycles. The minimum atomic E-state index is -4.70. The summed E-state index contributed by atoms with van der Waals surface area (Å²) in [5.74, 6) is 0.198. The SMILES string of the molecule is C=CC[C@H]1CN(S(=O)(=O)c2cccc(C(F)(F)F)c2)c2cc(NC(=O)OC(C)(C)C)ccc2O1. The fourth-order valence-corrected chi connectivity index (χ4v) is 4.85. The maximum absolute atomic E-state index is 13.5. The largest absolute Gasteiger partial charge is 0.486 e. The fraction of sp³-hybridized carbons (Fsp3) is 0.348. The minimum absolute atomic E-state index is 0.0753. The molecule has 0 aliphatic carbocycles.